The van der Waals surface area contributed by atoms with Crippen LogP contribution in [0.2, 0.25) is 0 Å². The van der Waals surface area contributed by atoms with Crippen LogP contribution in [0.3, 0.4) is 0 Å². The van der Waals surface area contributed by atoms with Gasteiger partial charge in [-0.2, -0.15) is 0 Å². The lowest BCUT2D eigenvalue weighted by atomic mass is 10.1. The van der Waals surface area contributed by atoms with E-state index < -0.39 is 12.7 Å². The van der Waals surface area contributed by atoms with Crippen LogP contribution in [0.4, 0.5) is 0 Å². The Morgan fingerprint density at radius 2 is 1.89 bits per heavy atom. The number of aliphatic hydroxyl groups is 4. The summed E-state index contributed by atoms with van der Waals surface area (Å²) < 4.78 is 0. The fraction of sp³-hybridized carbons (Fsp3) is 0.800. The molecule has 1 unspecified atom stereocenters. The maximum atomic E-state index is 8.66. The van der Waals surface area contributed by atoms with Gasteiger partial charge >= 0.3 is 0 Å². The second-order valence-electron chi connectivity index (χ2n) is 1.66. The summed E-state index contributed by atoms with van der Waals surface area (Å²) in [5.41, 5.74) is 0. The fourth-order valence-corrected chi connectivity index (χ4v) is 0.387. The molecule has 9 heavy (non-hydrogen) atoms. The van der Waals surface area contributed by atoms with Crippen LogP contribution in [0.5, 0.6) is 0 Å². The normalized spacial score (nSPS) is 14.3. The molecule has 0 aromatic rings. The van der Waals surface area contributed by atoms with Crippen molar-refractivity contribution in [2.45, 2.75) is 12.5 Å². The van der Waals surface area contributed by atoms with E-state index in [1.54, 1.807) is 0 Å². The van der Waals surface area contributed by atoms with Gasteiger partial charge < -0.3 is 20.4 Å². The van der Waals surface area contributed by atoms with Gasteiger partial charge in [0.2, 0.25) is 0 Å². The van der Waals surface area contributed by atoms with E-state index in [1.165, 1.54) is 0 Å². The van der Waals surface area contributed by atoms with Crippen molar-refractivity contribution in [3.05, 3.63) is 6.10 Å². The summed E-state index contributed by atoms with van der Waals surface area (Å²) >= 11 is 0. The minimum absolute atomic E-state index is 0.0156. The van der Waals surface area contributed by atoms with Crippen LogP contribution >= 0.6 is 0 Å². The lowest BCUT2D eigenvalue weighted by Crippen LogP contribution is -2.22. The van der Waals surface area contributed by atoms with Crippen molar-refractivity contribution in [1.29, 1.82) is 0 Å². The van der Waals surface area contributed by atoms with Crippen molar-refractivity contribution >= 4 is 0 Å². The zero-order valence-corrected chi connectivity index (χ0v) is 4.99. The molecule has 1 radical (unpaired) electrons. The Morgan fingerprint density at radius 1 is 1.33 bits per heavy atom. The third-order valence-electron chi connectivity index (χ3n) is 0.926. The van der Waals surface area contributed by atoms with E-state index in [0.29, 0.717) is 0 Å². The van der Waals surface area contributed by atoms with Gasteiger partial charge in [0, 0.05) is 13.0 Å². The Bertz CT molecular complexity index is 66.0. The average Bonchev–Trinajstić information content (AvgIpc) is 1.87. The molecule has 0 aromatic heterocycles. The van der Waals surface area contributed by atoms with Crippen molar-refractivity contribution in [3.63, 3.8) is 0 Å². The standard InChI is InChI=1S/C5H11O4/c6-2-1-4(8)5(9)3-7/h5-9H,1-3H2. The second kappa shape index (κ2) is 4.69. The molecular formula is C5H11O4. The molecule has 0 amide bonds. The van der Waals surface area contributed by atoms with E-state index in [0.717, 1.165) is 0 Å². The largest absolute Gasteiger partial charge is 0.396 e. The molecule has 4 heteroatoms. The highest BCUT2D eigenvalue weighted by molar-refractivity contribution is 4.83. The minimum Gasteiger partial charge on any atom is -0.396 e. The first kappa shape index (κ1) is 8.84. The summed E-state index contributed by atoms with van der Waals surface area (Å²) in [6.07, 6.45) is -1.47. The smallest absolute Gasteiger partial charge is 0.126 e. The van der Waals surface area contributed by atoms with E-state index >= 15 is 0 Å². The average molecular weight is 135 g/mol. The number of hydrogen-bond donors (Lipinski definition) is 4. The Kier molecular flexibility index (Phi) is 4.61. The topological polar surface area (TPSA) is 80.9 Å². The van der Waals surface area contributed by atoms with Crippen LogP contribution < -0.4 is 0 Å². The molecule has 0 bridgehead atoms. The molecule has 0 saturated heterocycles. The molecule has 0 fully saturated rings. The zero-order chi connectivity index (χ0) is 7.28. The molecule has 0 rings (SSSR count). The zero-order valence-electron chi connectivity index (χ0n) is 4.99. The molecule has 1 atom stereocenters. The van der Waals surface area contributed by atoms with E-state index in [4.69, 9.17) is 20.4 Å². The van der Waals surface area contributed by atoms with E-state index in [9.17, 15) is 0 Å². The summed E-state index contributed by atoms with van der Waals surface area (Å²) in [6, 6.07) is 0. The monoisotopic (exact) mass is 135 g/mol. The Balaban J connectivity index is 3.32. The number of aliphatic hydroxyl groups excluding tert-OH is 4. The highest BCUT2D eigenvalue weighted by Crippen LogP contribution is 2.05. The Morgan fingerprint density at radius 3 is 2.22 bits per heavy atom. The van der Waals surface area contributed by atoms with Crippen LogP contribution in [0.25, 0.3) is 0 Å². The van der Waals surface area contributed by atoms with Gasteiger partial charge in [-0.1, -0.05) is 0 Å². The third-order valence-corrected chi connectivity index (χ3v) is 0.926. The van der Waals surface area contributed by atoms with Crippen molar-refractivity contribution < 1.29 is 20.4 Å². The second-order valence-corrected chi connectivity index (χ2v) is 1.66. The minimum atomic E-state index is -1.21. The predicted molar refractivity (Wildman–Crippen MR) is 30.0 cm³/mol. The third kappa shape index (κ3) is 3.42. The molecule has 0 heterocycles. The van der Waals surface area contributed by atoms with Crippen molar-refractivity contribution in [2.24, 2.45) is 0 Å². The quantitative estimate of drug-likeness (QED) is 0.383. The predicted octanol–water partition coefficient (Wildman–Crippen LogP) is -1.37. The molecular weight excluding hydrogens is 124 g/mol. The van der Waals surface area contributed by atoms with E-state index in [-0.39, 0.29) is 19.1 Å². The Hall–Kier alpha value is -0.160. The molecule has 0 saturated carbocycles. The number of rotatable bonds is 4. The van der Waals surface area contributed by atoms with Gasteiger partial charge in [0.15, 0.2) is 0 Å². The first-order valence-electron chi connectivity index (χ1n) is 2.66. The van der Waals surface area contributed by atoms with Crippen LogP contribution in [0.15, 0.2) is 0 Å². The maximum Gasteiger partial charge on any atom is 0.126 e. The summed E-state index contributed by atoms with van der Waals surface area (Å²) in [6.45, 7) is -0.727. The Labute approximate surface area is 53.4 Å². The number of hydrogen-bond acceptors (Lipinski definition) is 4. The molecule has 4 N–H and O–H groups in total. The molecule has 0 spiro atoms. The highest BCUT2D eigenvalue weighted by Gasteiger charge is 2.14. The van der Waals surface area contributed by atoms with E-state index in [1.807, 2.05) is 0 Å². The lowest BCUT2D eigenvalue weighted by molar-refractivity contribution is 0.0380. The van der Waals surface area contributed by atoms with Crippen LogP contribution in [0, 0.1) is 6.10 Å². The summed E-state index contributed by atoms with van der Waals surface area (Å²) in [4.78, 5) is 0. The SMILES string of the molecule is OCC[C](O)C(O)CO. The van der Waals surface area contributed by atoms with Crippen molar-refractivity contribution in [1.82, 2.24) is 0 Å². The van der Waals surface area contributed by atoms with Crippen LogP contribution in [0.1, 0.15) is 6.42 Å². The first-order chi connectivity index (χ1) is 4.22. The van der Waals surface area contributed by atoms with Crippen molar-refractivity contribution in [3.8, 4) is 0 Å². The molecule has 4 nitrogen and oxygen atoms in total. The highest BCUT2D eigenvalue weighted by atomic mass is 16.4. The fourth-order valence-electron chi connectivity index (χ4n) is 0.387. The van der Waals surface area contributed by atoms with Gasteiger partial charge in [0.25, 0.3) is 0 Å². The van der Waals surface area contributed by atoms with Crippen LogP contribution in [-0.4, -0.2) is 39.7 Å². The molecule has 0 aromatic carbocycles. The lowest BCUT2D eigenvalue weighted by Gasteiger charge is -2.11. The summed E-state index contributed by atoms with van der Waals surface area (Å²) in [5.74, 6) is 0. The molecule has 55 valence electrons. The van der Waals surface area contributed by atoms with E-state index in [2.05, 4.69) is 0 Å². The van der Waals surface area contributed by atoms with Gasteiger partial charge in [-0.05, 0) is 0 Å². The summed E-state index contributed by atoms with van der Waals surface area (Å²) in [5, 5.41) is 33.7. The van der Waals surface area contributed by atoms with Gasteiger partial charge in [-0.3, -0.25) is 0 Å². The first-order valence-corrected chi connectivity index (χ1v) is 2.66. The van der Waals surface area contributed by atoms with Gasteiger partial charge in [0.1, 0.15) is 12.2 Å². The molecule has 0 aliphatic rings. The molecule has 0 aliphatic heterocycles. The van der Waals surface area contributed by atoms with Gasteiger partial charge in [-0.25, -0.2) is 0 Å². The summed E-state index contributed by atoms with van der Waals surface area (Å²) in [7, 11) is 0. The van der Waals surface area contributed by atoms with Crippen LogP contribution in [-0.2, 0) is 0 Å². The molecule has 0 aliphatic carbocycles. The van der Waals surface area contributed by atoms with Gasteiger partial charge in [0.05, 0.1) is 6.61 Å². The van der Waals surface area contributed by atoms with Gasteiger partial charge in [-0.15, -0.1) is 0 Å². The van der Waals surface area contributed by atoms with Crippen molar-refractivity contribution in [2.75, 3.05) is 13.2 Å². The maximum absolute atomic E-state index is 8.66.